The number of carbonyl (C=O) groups is 2. The number of rotatable bonds is 4. The zero-order valence-corrected chi connectivity index (χ0v) is 11.3. The fourth-order valence-electron chi connectivity index (χ4n) is 1.81. The van der Waals surface area contributed by atoms with E-state index >= 15 is 0 Å². The average molecular weight is 292 g/mol. The van der Waals surface area contributed by atoms with E-state index in [2.05, 4.69) is 15.3 Å². The Morgan fingerprint density at radius 3 is 2.90 bits per heavy atom. The molecule has 0 spiro atoms. The Morgan fingerprint density at radius 2 is 2.29 bits per heavy atom. The molecule has 2 N–H and O–H groups in total. The van der Waals surface area contributed by atoms with Gasteiger partial charge in [-0.3, -0.25) is 14.2 Å². The number of aromatic hydroxyl groups is 1. The molecule has 0 saturated carbocycles. The molecule has 2 rings (SSSR count). The van der Waals surface area contributed by atoms with E-state index in [1.807, 2.05) is 0 Å². The standard InChI is InChI=1S/C12H12N4O5/c1-16-9-6(5-14-12(15-9)21-2)8(18)7(11(16)20)10(19)13-3-4-17/h4-5,18H,3H2,1-2H3,(H,13,19). The van der Waals surface area contributed by atoms with Crippen LogP contribution in [0.3, 0.4) is 0 Å². The van der Waals surface area contributed by atoms with Crippen LogP contribution in [0.1, 0.15) is 10.4 Å². The second kappa shape index (κ2) is 5.57. The zero-order chi connectivity index (χ0) is 15.6. The van der Waals surface area contributed by atoms with Gasteiger partial charge in [0.25, 0.3) is 11.5 Å². The number of hydrogen-bond acceptors (Lipinski definition) is 7. The minimum absolute atomic E-state index is 0.0232. The van der Waals surface area contributed by atoms with Gasteiger partial charge in [0.15, 0.2) is 5.65 Å². The molecule has 1 amide bonds. The Hall–Kier alpha value is -2.97. The van der Waals surface area contributed by atoms with Crippen molar-refractivity contribution in [1.82, 2.24) is 19.9 Å². The maximum Gasteiger partial charge on any atom is 0.318 e. The SMILES string of the molecule is COc1ncc2c(O)c(C(=O)NCC=O)c(=O)n(C)c2n1. The molecule has 2 heterocycles. The van der Waals surface area contributed by atoms with Gasteiger partial charge in [-0.15, -0.1) is 0 Å². The van der Waals surface area contributed by atoms with Gasteiger partial charge in [-0.1, -0.05) is 0 Å². The van der Waals surface area contributed by atoms with Crippen LogP contribution in [0.25, 0.3) is 11.0 Å². The molecule has 0 aliphatic rings. The van der Waals surface area contributed by atoms with Crippen LogP contribution in [-0.2, 0) is 11.8 Å². The first-order chi connectivity index (χ1) is 10.0. The third-order valence-corrected chi connectivity index (χ3v) is 2.83. The van der Waals surface area contributed by atoms with Crippen LogP contribution in [0.5, 0.6) is 11.8 Å². The van der Waals surface area contributed by atoms with Crippen molar-refractivity contribution in [3.63, 3.8) is 0 Å². The lowest BCUT2D eigenvalue weighted by atomic mass is 10.2. The Labute approximate surface area is 118 Å². The van der Waals surface area contributed by atoms with Crippen LogP contribution in [0.2, 0.25) is 0 Å². The van der Waals surface area contributed by atoms with Crippen LogP contribution in [-0.4, -0.2) is 45.5 Å². The number of fused-ring (bicyclic) bond motifs is 1. The van der Waals surface area contributed by atoms with Gasteiger partial charge in [0.1, 0.15) is 17.6 Å². The molecule has 2 aromatic heterocycles. The lowest BCUT2D eigenvalue weighted by Crippen LogP contribution is -2.33. The number of pyridine rings is 1. The number of ether oxygens (including phenoxy) is 1. The highest BCUT2D eigenvalue weighted by atomic mass is 16.5. The molecule has 0 saturated heterocycles. The van der Waals surface area contributed by atoms with E-state index in [1.165, 1.54) is 20.4 Å². The van der Waals surface area contributed by atoms with Gasteiger partial charge in [-0.25, -0.2) is 4.98 Å². The van der Waals surface area contributed by atoms with Gasteiger partial charge in [-0.2, -0.15) is 4.98 Å². The molecule has 0 aliphatic heterocycles. The summed E-state index contributed by atoms with van der Waals surface area (Å²) in [5.74, 6) is -1.39. The summed E-state index contributed by atoms with van der Waals surface area (Å²) in [4.78, 5) is 42.1. The van der Waals surface area contributed by atoms with Gasteiger partial charge in [-0.05, 0) is 0 Å². The lowest BCUT2D eigenvalue weighted by molar-refractivity contribution is -0.107. The molecule has 0 bridgehead atoms. The first-order valence-corrected chi connectivity index (χ1v) is 5.85. The first kappa shape index (κ1) is 14.4. The van der Waals surface area contributed by atoms with Crippen molar-refractivity contribution < 1.29 is 19.4 Å². The minimum atomic E-state index is -0.849. The fraction of sp³-hybridized carbons (Fsp3) is 0.250. The van der Waals surface area contributed by atoms with Crippen molar-refractivity contribution in [2.24, 2.45) is 7.05 Å². The Bertz CT molecular complexity index is 783. The van der Waals surface area contributed by atoms with Crippen molar-refractivity contribution in [2.45, 2.75) is 0 Å². The van der Waals surface area contributed by atoms with E-state index in [0.717, 1.165) is 4.57 Å². The number of carbonyl (C=O) groups excluding carboxylic acids is 2. The normalized spacial score (nSPS) is 10.4. The van der Waals surface area contributed by atoms with Crippen molar-refractivity contribution in [1.29, 1.82) is 0 Å². The van der Waals surface area contributed by atoms with Gasteiger partial charge >= 0.3 is 6.01 Å². The van der Waals surface area contributed by atoms with Crippen molar-refractivity contribution >= 4 is 23.2 Å². The summed E-state index contributed by atoms with van der Waals surface area (Å²) in [6.07, 6.45) is 1.71. The van der Waals surface area contributed by atoms with Crippen LogP contribution < -0.4 is 15.6 Å². The second-order valence-electron chi connectivity index (χ2n) is 4.06. The van der Waals surface area contributed by atoms with E-state index < -0.39 is 22.8 Å². The highest BCUT2D eigenvalue weighted by Crippen LogP contribution is 2.25. The largest absolute Gasteiger partial charge is 0.506 e. The van der Waals surface area contributed by atoms with Gasteiger partial charge < -0.3 is 20.0 Å². The van der Waals surface area contributed by atoms with E-state index in [-0.39, 0.29) is 23.6 Å². The van der Waals surface area contributed by atoms with E-state index in [0.29, 0.717) is 6.29 Å². The molecule has 0 aliphatic carbocycles. The second-order valence-corrected chi connectivity index (χ2v) is 4.06. The molecule has 0 unspecified atom stereocenters. The smallest absolute Gasteiger partial charge is 0.318 e. The number of aryl methyl sites for hydroxylation is 1. The number of nitrogens with one attached hydrogen (secondary N) is 1. The average Bonchev–Trinajstić information content (AvgIpc) is 2.50. The van der Waals surface area contributed by atoms with E-state index in [4.69, 9.17) is 4.74 Å². The Morgan fingerprint density at radius 1 is 1.57 bits per heavy atom. The molecule has 0 aromatic carbocycles. The third kappa shape index (κ3) is 2.40. The number of hydrogen-bond donors (Lipinski definition) is 2. The fourth-order valence-corrected chi connectivity index (χ4v) is 1.81. The summed E-state index contributed by atoms with van der Waals surface area (Å²) in [5.41, 5.74) is -1.10. The van der Waals surface area contributed by atoms with E-state index in [1.54, 1.807) is 0 Å². The number of nitrogens with zero attached hydrogens (tertiary/aromatic N) is 3. The monoisotopic (exact) mass is 292 g/mol. The van der Waals surface area contributed by atoms with Crippen molar-refractivity contribution in [2.75, 3.05) is 13.7 Å². The molecule has 9 heteroatoms. The number of methoxy groups -OCH3 is 1. The molecule has 2 aromatic rings. The summed E-state index contributed by atoms with van der Waals surface area (Å²) in [6.45, 7) is -0.265. The van der Waals surface area contributed by atoms with E-state index in [9.17, 15) is 19.5 Å². The highest BCUT2D eigenvalue weighted by molar-refractivity contribution is 6.02. The third-order valence-electron chi connectivity index (χ3n) is 2.83. The van der Waals surface area contributed by atoms with Crippen LogP contribution in [0.15, 0.2) is 11.0 Å². The number of aromatic nitrogens is 3. The quantitative estimate of drug-likeness (QED) is 0.690. The van der Waals surface area contributed by atoms with Crippen LogP contribution in [0.4, 0.5) is 0 Å². The number of aldehydes is 1. The molecule has 0 fully saturated rings. The predicted molar refractivity (Wildman–Crippen MR) is 71.4 cm³/mol. The summed E-state index contributed by atoms with van der Waals surface area (Å²) < 4.78 is 5.94. The van der Waals surface area contributed by atoms with Gasteiger partial charge in [0.05, 0.1) is 19.0 Å². The number of amides is 1. The van der Waals surface area contributed by atoms with Crippen LogP contribution in [0, 0.1) is 0 Å². The molecule has 0 radical (unpaired) electrons. The van der Waals surface area contributed by atoms with Crippen molar-refractivity contribution in [3.05, 3.63) is 22.1 Å². The highest BCUT2D eigenvalue weighted by Gasteiger charge is 2.22. The molecule has 9 nitrogen and oxygen atoms in total. The van der Waals surface area contributed by atoms with Gasteiger partial charge in [0.2, 0.25) is 0 Å². The topological polar surface area (TPSA) is 123 Å². The molecular weight excluding hydrogens is 280 g/mol. The lowest BCUT2D eigenvalue weighted by Gasteiger charge is -2.10. The molecule has 110 valence electrons. The maximum absolute atomic E-state index is 12.2. The zero-order valence-electron chi connectivity index (χ0n) is 11.3. The first-order valence-electron chi connectivity index (χ1n) is 5.85. The van der Waals surface area contributed by atoms with Gasteiger partial charge in [0, 0.05) is 13.2 Å². The molecule has 0 atom stereocenters. The molecule has 21 heavy (non-hydrogen) atoms. The predicted octanol–water partition coefficient (Wildman–Crippen LogP) is -1.03. The minimum Gasteiger partial charge on any atom is -0.506 e. The summed E-state index contributed by atoms with van der Waals surface area (Å²) in [7, 11) is 2.76. The Balaban J connectivity index is 2.72. The summed E-state index contributed by atoms with van der Waals surface area (Å²) >= 11 is 0. The Kier molecular flexibility index (Phi) is 3.83. The summed E-state index contributed by atoms with van der Waals surface area (Å²) in [6, 6.07) is 0.0232. The van der Waals surface area contributed by atoms with Crippen LogP contribution >= 0.6 is 0 Å². The maximum atomic E-state index is 12.2. The van der Waals surface area contributed by atoms with Crippen molar-refractivity contribution in [3.8, 4) is 11.8 Å². The molecular formula is C12H12N4O5. The summed E-state index contributed by atoms with van der Waals surface area (Å²) in [5, 5.41) is 12.4.